The monoisotopic (exact) mass is 933 g/mol. The zero-order valence-corrected chi connectivity index (χ0v) is 45.5. The highest BCUT2D eigenvalue weighted by atomic mass is 16.6. The summed E-state index contributed by atoms with van der Waals surface area (Å²) >= 11 is 0. The van der Waals surface area contributed by atoms with E-state index in [0.717, 1.165) is 75.5 Å². The summed E-state index contributed by atoms with van der Waals surface area (Å²) in [7, 11) is 0. The van der Waals surface area contributed by atoms with Crippen LogP contribution in [0.1, 0.15) is 330 Å². The van der Waals surface area contributed by atoms with Gasteiger partial charge in [-0.2, -0.15) is 0 Å². The lowest BCUT2D eigenvalue weighted by Gasteiger charge is -2.18. The minimum absolute atomic E-state index is 0.0635. The molecule has 6 nitrogen and oxygen atoms in total. The van der Waals surface area contributed by atoms with E-state index < -0.39 is 6.10 Å². The lowest BCUT2D eigenvalue weighted by molar-refractivity contribution is -0.167. The van der Waals surface area contributed by atoms with Gasteiger partial charge in [0.05, 0.1) is 0 Å². The Bertz CT molecular complexity index is 1020. The van der Waals surface area contributed by atoms with Crippen molar-refractivity contribution in [1.29, 1.82) is 0 Å². The van der Waals surface area contributed by atoms with E-state index in [0.29, 0.717) is 19.3 Å². The van der Waals surface area contributed by atoms with Crippen molar-refractivity contribution in [3.05, 3.63) is 0 Å². The van der Waals surface area contributed by atoms with Gasteiger partial charge in [-0.05, 0) is 37.0 Å². The summed E-state index contributed by atoms with van der Waals surface area (Å²) < 4.78 is 16.9. The highest BCUT2D eigenvalue weighted by molar-refractivity contribution is 5.71. The molecule has 0 aliphatic rings. The van der Waals surface area contributed by atoms with E-state index in [1.165, 1.54) is 212 Å². The predicted molar refractivity (Wildman–Crippen MR) is 284 cm³/mol. The number of hydrogen-bond donors (Lipinski definition) is 0. The number of carbonyl (C=O) groups excluding carboxylic acids is 3. The van der Waals surface area contributed by atoms with E-state index in [1.54, 1.807) is 0 Å². The number of esters is 3. The molecule has 6 heteroatoms. The Hall–Kier alpha value is -1.59. The normalized spacial score (nSPS) is 12.1. The van der Waals surface area contributed by atoms with Gasteiger partial charge in [0.1, 0.15) is 13.2 Å². The summed E-state index contributed by atoms with van der Waals surface area (Å²) in [6.45, 7) is 13.8. The molecule has 0 rings (SSSR count). The molecule has 0 aromatic carbocycles. The molecule has 0 heterocycles. The van der Waals surface area contributed by atoms with Crippen LogP contribution < -0.4 is 0 Å². The Morgan fingerprint density at radius 3 is 0.652 bits per heavy atom. The average Bonchev–Trinajstić information content (AvgIpc) is 3.28. The lowest BCUT2D eigenvalue weighted by Crippen LogP contribution is -2.30. The summed E-state index contributed by atoms with van der Waals surface area (Å²) in [4.78, 5) is 38.1. The largest absolute Gasteiger partial charge is 0.462 e. The van der Waals surface area contributed by atoms with Crippen LogP contribution >= 0.6 is 0 Å². The fraction of sp³-hybridized carbons (Fsp3) is 0.950. The van der Waals surface area contributed by atoms with Gasteiger partial charge in [0, 0.05) is 19.3 Å². The van der Waals surface area contributed by atoms with Gasteiger partial charge in [0.25, 0.3) is 0 Å². The summed E-state index contributed by atoms with van der Waals surface area (Å²) in [6.07, 6.45) is 53.9. The number of unbranched alkanes of at least 4 members (excludes halogenated alkanes) is 36. The van der Waals surface area contributed by atoms with E-state index in [9.17, 15) is 14.4 Å². The summed E-state index contributed by atoms with van der Waals surface area (Å²) in [6, 6.07) is 0. The molecular weight excluding hydrogens is 817 g/mol. The van der Waals surface area contributed by atoms with Gasteiger partial charge in [-0.15, -0.1) is 0 Å². The maximum atomic E-state index is 12.8. The molecule has 0 amide bonds. The van der Waals surface area contributed by atoms with E-state index in [4.69, 9.17) is 14.2 Å². The summed E-state index contributed by atoms with van der Waals surface area (Å²) in [5.41, 5.74) is 0. The van der Waals surface area contributed by atoms with Crippen LogP contribution in [0.15, 0.2) is 0 Å². The van der Waals surface area contributed by atoms with Gasteiger partial charge >= 0.3 is 17.9 Å². The molecule has 1 atom stereocenters. The zero-order valence-electron chi connectivity index (χ0n) is 45.5. The van der Waals surface area contributed by atoms with E-state index >= 15 is 0 Å². The molecule has 0 aromatic rings. The van der Waals surface area contributed by atoms with Gasteiger partial charge in [-0.25, -0.2) is 0 Å². The van der Waals surface area contributed by atoms with Crippen LogP contribution in [0.3, 0.4) is 0 Å². The van der Waals surface area contributed by atoms with Crippen LogP contribution in [0.25, 0.3) is 0 Å². The molecule has 0 N–H and O–H groups in total. The zero-order chi connectivity index (χ0) is 48.4. The molecule has 0 saturated carbocycles. The third kappa shape index (κ3) is 53.4. The van der Waals surface area contributed by atoms with E-state index in [1.807, 2.05) is 0 Å². The molecule has 0 fully saturated rings. The lowest BCUT2D eigenvalue weighted by atomic mass is 10.0. The third-order valence-corrected chi connectivity index (χ3v) is 13.6. The Balaban J connectivity index is 4.24. The second kappa shape index (κ2) is 51.3. The number of ether oxygens (including phenoxy) is 3. The Morgan fingerprint density at radius 2 is 0.439 bits per heavy atom. The fourth-order valence-electron chi connectivity index (χ4n) is 9.18. The third-order valence-electron chi connectivity index (χ3n) is 13.6. The van der Waals surface area contributed by atoms with Crippen molar-refractivity contribution in [1.82, 2.24) is 0 Å². The van der Waals surface area contributed by atoms with Crippen LogP contribution in [0.2, 0.25) is 0 Å². The Morgan fingerprint density at radius 1 is 0.258 bits per heavy atom. The minimum atomic E-state index is -0.764. The molecule has 0 aliphatic heterocycles. The topological polar surface area (TPSA) is 78.9 Å². The van der Waals surface area contributed by atoms with Crippen molar-refractivity contribution in [2.24, 2.45) is 17.8 Å². The average molecular weight is 934 g/mol. The number of hydrogen-bond acceptors (Lipinski definition) is 6. The predicted octanol–water partition coefficient (Wildman–Crippen LogP) is 19.5. The molecule has 0 aromatic heterocycles. The standard InChI is InChI=1S/C60H116O6/c1-54(2)46-40-34-28-22-16-13-11-9-7-8-10-12-14-18-25-31-37-43-49-58(61)64-52-57(66-60(63)51-45-39-33-27-21-20-24-30-36-42-48-56(5)6)53-65-59(62)50-44-38-32-26-19-15-17-23-29-35-41-47-55(3)4/h54-57H,7-53H2,1-6H3/t57-/m1/s1. The minimum Gasteiger partial charge on any atom is -0.462 e. The highest BCUT2D eigenvalue weighted by Crippen LogP contribution is 2.19. The van der Waals surface area contributed by atoms with Crippen molar-refractivity contribution < 1.29 is 28.6 Å². The SMILES string of the molecule is CC(C)CCCCCCCCCCCCCCCCCCCCC(=O)OC[C@H](COC(=O)CCCCCCCCCCCCCC(C)C)OC(=O)CCCCCCCCCCCCC(C)C. The molecule has 0 radical (unpaired) electrons. The molecule has 0 unspecified atom stereocenters. The van der Waals surface area contributed by atoms with Crippen LogP contribution in [-0.2, 0) is 28.6 Å². The van der Waals surface area contributed by atoms with Crippen molar-refractivity contribution in [2.45, 2.75) is 337 Å². The first-order chi connectivity index (χ1) is 32.1. The molecule has 0 spiro atoms. The van der Waals surface area contributed by atoms with Crippen molar-refractivity contribution in [3.8, 4) is 0 Å². The molecule has 0 bridgehead atoms. The highest BCUT2D eigenvalue weighted by Gasteiger charge is 2.19. The molecule has 66 heavy (non-hydrogen) atoms. The molecule has 392 valence electrons. The fourth-order valence-corrected chi connectivity index (χ4v) is 9.18. The van der Waals surface area contributed by atoms with Crippen LogP contribution in [-0.4, -0.2) is 37.2 Å². The first kappa shape index (κ1) is 64.4. The van der Waals surface area contributed by atoms with Gasteiger partial charge in [-0.1, -0.05) is 292 Å². The maximum absolute atomic E-state index is 12.8. The first-order valence-corrected chi connectivity index (χ1v) is 29.6. The van der Waals surface area contributed by atoms with Crippen LogP contribution in [0, 0.1) is 17.8 Å². The van der Waals surface area contributed by atoms with Crippen molar-refractivity contribution >= 4 is 17.9 Å². The van der Waals surface area contributed by atoms with Gasteiger partial charge in [-0.3, -0.25) is 14.4 Å². The summed E-state index contributed by atoms with van der Waals surface area (Å²) in [5, 5.41) is 0. The summed E-state index contributed by atoms with van der Waals surface area (Å²) in [5.74, 6) is 1.66. The first-order valence-electron chi connectivity index (χ1n) is 29.6. The molecule has 0 aliphatic carbocycles. The van der Waals surface area contributed by atoms with Gasteiger partial charge < -0.3 is 14.2 Å². The van der Waals surface area contributed by atoms with Crippen molar-refractivity contribution in [3.63, 3.8) is 0 Å². The maximum Gasteiger partial charge on any atom is 0.306 e. The van der Waals surface area contributed by atoms with Gasteiger partial charge in [0.15, 0.2) is 6.10 Å². The Kier molecular flexibility index (Phi) is 50.0. The second-order valence-corrected chi connectivity index (χ2v) is 22.1. The molecule has 0 saturated heterocycles. The quantitative estimate of drug-likeness (QED) is 0.0343. The van der Waals surface area contributed by atoms with E-state index in [2.05, 4.69) is 41.5 Å². The smallest absolute Gasteiger partial charge is 0.306 e. The molecular formula is C60H116O6. The van der Waals surface area contributed by atoms with Gasteiger partial charge in [0.2, 0.25) is 0 Å². The van der Waals surface area contributed by atoms with E-state index in [-0.39, 0.29) is 31.1 Å². The number of carbonyl (C=O) groups is 3. The number of rotatable bonds is 53. The second-order valence-electron chi connectivity index (χ2n) is 22.1. The van der Waals surface area contributed by atoms with Crippen molar-refractivity contribution in [2.75, 3.05) is 13.2 Å². The van der Waals surface area contributed by atoms with Crippen LogP contribution in [0.4, 0.5) is 0 Å². The van der Waals surface area contributed by atoms with Crippen LogP contribution in [0.5, 0.6) is 0 Å². The Labute approximate surface area is 412 Å².